The van der Waals surface area contributed by atoms with Crippen LogP contribution in [0.3, 0.4) is 0 Å². The van der Waals surface area contributed by atoms with Gasteiger partial charge < -0.3 is 24.8 Å². The van der Waals surface area contributed by atoms with Gasteiger partial charge in [0.05, 0.1) is 17.0 Å². The minimum atomic E-state index is -0.890. The molecule has 2 bridgehead atoms. The summed E-state index contributed by atoms with van der Waals surface area (Å²) >= 11 is 0. The van der Waals surface area contributed by atoms with E-state index in [1.165, 1.54) is 6.07 Å². The number of benzene rings is 3. The number of ether oxygens (including phenoxy) is 2. The summed E-state index contributed by atoms with van der Waals surface area (Å²) in [5.41, 5.74) is 0.927. The number of phenols is 1. The molecule has 0 unspecified atom stereocenters. The Balaban J connectivity index is 1.24. The lowest BCUT2D eigenvalue weighted by atomic mass is 9.84. The molecule has 0 amide bonds. The molecule has 3 aromatic carbocycles. The van der Waals surface area contributed by atoms with E-state index in [-0.39, 0.29) is 41.5 Å². The van der Waals surface area contributed by atoms with E-state index in [0.29, 0.717) is 71.0 Å². The maximum atomic E-state index is 17.0. The molecule has 10 heteroatoms. The van der Waals surface area contributed by atoms with Gasteiger partial charge in [0, 0.05) is 48.1 Å². The molecular weight excluding hydrogens is 564 g/mol. The molecule has 5 fully saturated rings. The Morgan fingerprint density at radius 2 is 2.07 bits per heavy atom. The molecule has 5 atom stereocenters. The number of aromatic nitrogens is 2. The van der Waals surface area contributed by atoms with Crippen LogP contribution in [-0.2, 0) is 0 Å². The third kappa shape index (κ3) is 3.75. The molecule has 224 valence electrons. The first-order chi connectivity index (χ1) is 21.4. The Kier molecular flexibility index (Phi) is 5.60. The summed E-state index contributed by atoms with van der Waals surface area (Å²) in [4.78, 5) is 13.9. The average molecular weight is 596 g/mol. The van der Waals surface area contributed by atoms with Gasteiger partial charge in [-0.25, -0.2) is 8.78 Å². The number of aromatic hydroxyl groups is 1. The topological polar surface area (TPSA) is 83.0 Å². The molecule has 6 aliphatic heterocycles. The van der Waals surface area contributed by atoms with Gasteiger partial charge in [0.25, 0.3) is 0 Å². The van der Waals surface area contributed by atoms with E-state index in [2.05, 4.69) is 26.0 Å². The maximum absolute atomic E-state index is 17.0. The van der Waals surface area contributed by atoms with Gasteiger partial charge in [0.2, 0.25) is 0 Å². The van der Waals surface area contributed by atoms with Crippen LogP contribution in [0.25, 0.3) is 32.8 Å². The van der Waals surface area contributed by atoms with Crippen molar-refractivity contribution in [2.45, 2.75) is 55.5 Å². The predicted molar refractivity (Wildman–Crippen MR) is 163 cm³/mol. The third-order valence-electron chi connectivity index (χ3n) is 10.4. The quantitative estimate of drug-likeness (QED) is 0.333. The Labute approximate surface area is 253 Å². The summed E-state index contributed by atoms with van der Waals surface area (Å²) in [7, 11) is 0. The number of rotatable bonds is 4. The van der Waals surface area contributed by atoms with Crippen molar-refractivity contribution >= 4 is 27.5 Å². The zero-order valence-electron chi connectivity index (χ0n) is 24.0. The molecule has 7 heterocycles. The number of piperidine rings is 1. The molecule has 0 saturated carbocycles. The zero-order chi connectivity index (χ0) is 29.7. The minimum Gasteiger partial charge on any atom is -0.508 e. The van der Waals surface area contributed by atoms with Crippen LogP contribution in [0.4, 0.5) is 14.6 Å². The van der Waals surface area contributed by atoms with Crippen molar-refractivity contribution in [3.8, 4) is 41.0 Å². The first kappa shape index (κ1) is 26.2. The number of alkyl halides is 1. The largest absolute Gasteiger partial charge is 0.508 e. The number of nitrogens with one attached hydrogen (secondary N) is 1. The van der Waals surface area contributed by atoms with Crippen molar-refractivity contribution in [3.05, 3.63) is 47.8 Å². The van der Waals surface area contributed by atoms with Gasteiger partial charge in [-0.1, -0.05) is 18.1 Å². The van der Waals surface area contributed by atoms with Crippen LogP contribution in [0.1, 0.15) is 31.2 Å². The molecule has 1 aromatic heterocycles. The number of piperazine rings is 1. The molecule has 10 rings (SSSR count). The summed E-state index contributed by atoms with van der Waals surface area (Å²) in [6.45, 7) is 2.60. The monoisotopic (exact) mass is 595 g/mol. The third-order valence-corrected chi connectivity index (χ3v) is 10.4. The van der Waals surface area contributed by atoms with Crippen LogP contribution in [0.5, 0.6) is 17.5 Å². The molecule has 2 N–H and O–H groups in total. The maximum Gasteiger partial charge on any atom is 0.319 e. The summed E-state index contributed by atoms with van der Waals surface area (Å²) < 4.78 is 44.2. The van der Waals surface area contributed by atoms with E-state index in [1.54, 1.807) is 18.2 Å². The summed E-state index contributed by atoms with van der Waals surface area (Å²) in [5, 5.41) is 16.1. The number of hydrogen-bond donors (Lipinski definition) is 2. The highest BCUT2D eigenvalue weighted by molar-refractivity contribution is 6.05. The normalized spacial score (nSPS) is 28.6. The highest BCUT2D eigenvalue weighted by Crippen LogP contribution is 2.47. The molecule has 4 aromatic rings. The highest BCUT2D eigenvalue weighted by Gasteiger charge is 2.50. The summed E-state index contributed by atoms with van der Waals surface area (Å²) in [6, 6.07) is 10.9. The van der Waals surface area contributed by atoms with Crippen molar-refractivity contribution in [3.63, 3.8) is 0 Å². The van der Waals surface area contributed by atoms with Crippen LogP contribution in [0, 0.1) is 18.2 Å². The van der Waals surface area contributed by atoms with Gasteiger partial charge >= 0.3 is 6.01 Å². The smallest absolute Gasteiger partial charge is 0.319 e. The van der Waals surface area contributed by atoms with Crippen LogP contribution in [0.15, 0.2) is 36.4 Å². The van der Waals surface area contributed by atoms with Gasteiger partial charge in [0.1, 0.15) is 42.2 Å². The van der Waals surface area contributed by atoms with E-state index in [1.807, 2.05) is 12.1 Å². The zero-order valence-corrected chi connectivity index (χ0v) is 24.0. The van der Waals surface area contributed by atoms with E-state index >= 15 is 4.39 Å². The second-order valence-electron chi connectivity index (χ2n) is 12.9. The number of hydrogen-bond acceptors (Lipinski definition) is 8. The number of nitrogens with zero attached hydrogens (tertiary/aromatic N) is 4. The van der Waals surface area contributed by atoms with E-state index in [4.69, 9.17) is 20.9 Å². The van der Waals surface area contributed by atoms with Gasteiger partial charge in [-0.2, -0.15) is 9.97 Å². The first-order valence-corrected chi connectivity index (χ1v) is 15.4. The second kappa shape index (κ2) is 9.40. The molecule has 0 spiro atoms. The molecule has 6 aliphatic rings. The second-order valence-corrected chi connectivity index (χ2v) is 12.9. The van der Waals surface area contributed by atoms with E-state index in [9.17, 15) is 9.50 Å². The van der Waals surface area contributed by atoms with Crippen molar-refractivity contribution in [2.75, 3.05) is 37.7 Å². The van der Waals surface area contributed by atoms with Gasteiger partial charge in [-0.15, -0.1) is 6.42 Å². The molecule has 8 nitrogen and oxygen atoms in total. The number of phenolic OH excluding ortho intramolecular Hbond substituents is 1. The lowest BCUT2D eigenvalue weighted by molar-refractivity contribution is 0.107. The molecule has 0 radical (unpaired) electrons. The van der Waals surface area contributed by atoms with Crippen LogP contribution < -0.4 is 19.7 Å². The fourth-order valence-corrected chi connectivity index (χ4v) is 8.38. The van der Waals surface area contributed by atoms with Gasteiger partial charge in [-0.3, -0.25) is 4.90 Å². The number of halogens is 2. The molecule has 5 saturated heterocycles. The van der Waals surface area contributed by atoms with Crippen LogP contribution in [0.2, 0.25) is 0 Å². The first-order valence-electron chi connectivity index (χ1n) is 15.4. The minimum absolute atomic E-state index is 0.00514. The SMILES string of the molecule is C#Cc1cccc2cc(O)cc(-c3cc4c5c(nc(OC[C@@]67CCCN6C[C@H](F)C7)nc5c3F)N3C[C@H]5C[C@H](N5)[C@H]3CO4)c12. The molecular formula is C34H31F2N5O3. The van der Waals surface area contributed by atoms with E-state index < -0.39 is 17.5 Å². The van der Waals surface area contributed by atoms with Crippen molar-refractivity contribution in [1.29, 1.82) is 0 Å². The lowest BCUT2D eigenvalue weighted by Gasteiger charge is -2.53. The Morgan fingerprint density at radius 1 is 1.18 bits per heavy atom. The summed E-state index contributed by atoms with van der Waals surface area (Å²) in [6.07, 6.45) is 8.26. The number of terminal acetylenes is 1. The lowest BCUT2D eigenvalue weighted by Crippen LogP contribution is -2.73. The Morgan fingerprint density at radius 3 is 2.93 bits per heavy atom. The van der Waals surface area contributed by atoms with Crippen LogP contribution in [-0.4, -0.2) is 82.7 Å². The van der Waals surface area contributed by atoms with Crippen molar-refractivity contribution in [2.24, 2.45) is 0 Å². The highest BCUT2D eigenvalue weighted by atomic mass is 19.1. The predicted octanol–water partition coefficient (Wildman–Crippen LogP) is 4.54. The Hall–Kier alpha value is -4.20. The fourth-order valence-electron chi connectivity index (χ4n) is 8.38. The van der Waals surface area contributed by atoms with E-state index in [0.717, 1.165) is 25.8 Å². The summed E-state index contributed by atoms with van der Waals surface area (Å²) in [5.74, 6) is 3.17. The van der Waals surface area contributed by atoms with Gasteiger partial charge in [0.15, 0.2) is 5.82 Å². The molecule has 0 aliphatic carbocycles. The number of fused-ring (bicyclic) bond motifs is 2. The van der Waals surface area contributed by atoms with Crippen molar-refractivity contribution in [1.82, 2.24) is 20.2 Å². The Bertz CT molecular complexity index is 1910. The number of anilines is 1. The van der Waals surface area contributed by atoms with Crippen molar-refractivity contribution < 1.29 is 23.4 Å². The average Bonchev–Trinajstić information content (AvgIpc) is 3.48. The van der Waals surface area contributed by atoms with Crippen LogP contribution >= 0.6 is 0 Å². The standard InChI is InChI=1S/C34H31F2N5O3/c1-2-18-5-3-6-19-9-22(42)11-23(28(18)19)24-12-27-29-31(30(24)36)38-33(44-17-34-7-4-8-40(34)14-20(35)13-34)39-32(29)41-15-21-10-25(37-21)26(41)16-43-27/h1,3,5-6,9,11-12,20-21,25-26,37,42H,4,7-8,10,13-17H2/t20-,21-,25+,26-,34+/m1/s1. The van der Waals surface area contributed by atoms with Gasteiger partial charge in [-0.05, 0) is 61.0 Å². The molecule has 44 heavy (non-hydrogen) atoms. The fraction of sp³-hybridized carbons (Fsp3) is 0.412.